The van der Waals surface area contributed by atoms with Crippen molar-refractivity contribution in [3.63, 3.8) is 0 Å². The number of hydrogen-bond acceptors (Lipinski definition) is 4. The van der Waals surface area contributed by atoms with Gasteiger partial charge in [0.2, 0.25) is 0 Å². The lowest BCUT2D eigenvalue weighted by Gasteiger charge is -2.08. The maximum atomic E-state index is 13.9. The highest BCUT2D eigenvalue weighted by Gasteiger charge is 2.20. The highest BCUT2D eigenvalue weighted by molar-refractivity contribution is 7.99. The van der Waals surface area contributed by atoms with Gasteiger partial charge in [-0.15, -0.1) is 11.3 Å². The molecule has 102 valence electrons. The molecule has 0 aliphatic heterocycles. The summed E-state index contributed by atoms with van der Waals surface area (Å²) in [6.07, 6.45) is 0. The Kier molecular flexibility index (Phi) is 4.44. The van der Waals surface area contributed by atoms with Gasteiger partial charge in [-0.3, -0.25) is 0 Å². The third kappa shape index (κ3) is 2.91. The van der Waals surface area contributed by atoms with E-state index in [2.05, 4.69) is 0 Å². The van der Waals surface area contributed by atoms with Gasteiger partial charge in [-0.25, -0.2) is 9.18 Å². The normalized spacial score (nSPS) is 12.8. The van der Waals surface area contributed by atoms with Crippen LogP contribution in [0.1, 0.15) is 22.2 Å². The number of rotatable bonds is 5. The fraction of sp³-hybridized carbons (Fsp3) is 0.308. The third-order valence-corrected chi connectivity index (χ3v) is 5.09. The summed E-state index contributed by atoms with van der Waals surface area (Å²) in [5, 5.41) is 18.6. The van der Waals surface area contributed by atoms with Crippen molar-refractivity contribution in [3.05, 3.63) is 34.5 Å². The number of aromatic carboxylic acids is 1. The number of halogens is 1. The van der Waals surface area contributed by atoms with Crippen molar-refractivity contribution in [2.75, 3.05) is 6.61 Å². The van der Waals surface area contributed by atoms with E-state index in [1.165, 1.54) is 17.8 Å². The molecule has 0 saturated carbocycles. The number of carbonyl (C=O) groups is 1. The molecule has 19 heavy (non-hydrogen) atoms. The molecule has 2 N–H and O–H groups in total. The van der Waals surface area contributed by atoms with Crippen LogP contribution in [0.4, 0.5) is 4.39 Å². The van der Waals surface area contributed by atoms with Crippen LogP contribution in [0.5, 0.6) is 0 Å². The summed E-state index contributed by atoms with van der Waals surface area (Å²) >= 11 is 2.51. The van der Waals surface area contributed by atoms with Gasteiger partial charge < -0.3 is 10.2 Å². The number of hydrogen-bond donors (Lipinski definition) is 2. The molecule has 6 heteroatoms. The number of benzene rings is 1. The molecule has 1 unspecified atom stereocenters. The molecule has 0 radical (unpaired) electrons. The summed E-state index contributed by atoms with van der Waals surface area (Å²) in [6, 6.07) is 4.64. The second kappa shape index (κ2) is 5.90. The quantitative estimate of drug-likeness (QED) is 0.889. The number of carboxylic acid groups (broad SMARTS) is 1. The molecule has 0 saturated heterocycles. The van der Waals surface area contributed by atoms with Crippen LogP contribution >= 0.6 is 23.1 Å². The summed E-state index contributed by atoms with van der Waals surface area (Å²) in [7, 11) is 0. The minimum atomic E-state index is -1.03. The van der Waals surface area contributed by atoms with Gasteiger partial charge in [-0.1, -0.05) is 13.0 Å². The van der Waals surface area contributed by atoms with Crippen LogP contribution in [0.15, 0.2) is 18.2 Å². The highest BCUT2D eigenvalue weighted by atomic mass is 32.2. The fourth-order valence-electron chi connectivity index (χ4n) is 1.76. The molecular weight excluding hydrogens is 287 g/mol. The average molecular weight is 300 g/mol. The number of carboxylic acids is 1. The largest absolute Gasteiger partial charge is 0.477 e. The molecule has 0 amide bonds. The van der Waals surface area contributed by atoms with Gasteiger partial charge in [0, 0.05) is 21.1 Å². The summed E-state index contributed by atoms with van der Waals surface area (Å²) in [5.74, 6) is -1.05. The fourth-order valence-corrected chi connectivity index (χ4v) is 3.77. The van der Waals surface area contributed by atoms with Crippen LogP contribution < -0.4 is 0 Å². The van der Waals surface area contributed by atoms with E-state index >= 15 is 0 Å². The van der Waals surface area contributed by atoms with Crippen LogP contribution in [0.2, 0.25) is 0 Å². The van der Waals surface area contributed by atoms with Crippen LogP contribution in [-0.2, 0) is 5.75 Å². The summed E-state index contributed by atoms with van der Waals surface area (Å²) in [5.41, 5.74) is 0.510. The SMILES string of the molecule is CC(CO)SCc1c(C(=O)O)sc2cccc(F)c12. The van der Waals surface area contributed by atoms with Gasteiger partial charge in [0.25, 0.3) is 0 Å². The molecule has 1 aromatic heterocycles. The second-order valence-corrected chi connectivity index (χ2v) is 6.61. The molecule has 0 aliphatic rings. The van der Waals surface area contributed by atoms with Crippen LogP contribution in [-0.4, -0.2) is 28.0 Å². The summed E-state index contributed by atoms with van der Waals surface area (Å²) < 4.78 is 14.5. The van der Waals surface area contributed by atoms with Crippen LogP contribution in [0, 0.1) is 5.82 Å². The Labute approximate surface area is 118 Å². The van der Waals surface area contributed by atoms with Crippen molar-refractivity contribution < 1.29 is 19.4 Å². The van der Waals surface area contributed by atoms with E-state index in [0.717, 1.165) is 11.3 Å². The Balaban J connectivity index is 2.48. The minimum Gasteiger partial charge on any atom is -0.477 e. The van der Waals surface area contributed by atoms with Crippen molar-refractivity contribution >= 4 is 39.2 Å². The second-order valence-electron chi connectivity index (χ2n) is 4.13. The van der Waals surface area contributed by atoms with Gasteiger partial charge in [-0.2, -0.15) is 11.8 Å². The van der Waals surface area contributed by atoms with E-state index in [4.69, 9.17) is 5.11 Å². The van der Waals surface area contributed by atoms with Crippen molar-refractivity contribution in [2.24, 2.45) is 0 Å². The molecule has 0 bridgehead atoms. The standard InChI is InChI=1S/C13H13FO3S2/c1-7(5-15)18-6-8-11-9(14)3-2-4-10(11)19-12(8)13(16)17/h2-4,7,15H,5-6H2,1H3,(H,16,17). The first kappa shape index (κ1) is 14.3. The summed E-state index contributed by atoms with van der Waals surface area (Å²) in [6.45, 7) is 1.85. The van der Waals surface area contributed by atoms with E-state index in [-0.39, 0.29) is 16.7 Å². The maximum Gasteiger partial charge on any atom is 0.346 e. The Hall–Kier alpha value is -1.11. The summed E-state index contributed by atoms with van der Waals surface area (Å²) in [4.78, 5) is 11.4. The van der Waals surface area contributed by atoms with Crippen molar-refractivity contribution in [3.8, 4) is 0 Å². The molecule has 0 fully saturated rings. The lowest BCUT2D eigenvalue weighted by molar-refractivity contribution is 0.0701. The number of thioether (sulfide) groups is 1. The van der Waals surface area contributed by atoms with E-state index in [9.17, 15) is 14.3 Å². The van der Waals surface area contributed by atoms with Crippen molar-refractivity contribution in [2.45, 2.75) is 17.9 Å². The average Bonchev–Trinajstić information content (AvgIpc) is 2.76. The lowest BCUT2D eigenvalue weighted by atomic mass is 10.1. The first-order valence-electron chi connectivity index (χ1n) is 5.70. The number of aliphatic hydroxyl groups excluding tert-OH is 1. The first-order valence-corrected chi connectivity index (χ1v) is 7.56. The van der Waals surface area contributed by atoms with Gasteiger partial charge in [0.1, 0.15) is 10.7 Å². The maximum absolute atomic E-state index is 13.9. The zero-order chi connectivity index (χ0) is 14.0. The molecule has 0 spiro atoms. The Morgan fingerprint density at radius 3 is 2.89 bits per heavy atom. The zero-order valence-corrected chi connectivity index (χ0v) is 11.9. The van der Waals surface area contributed by atoms with Crippen LogP contribution in [0.3, 0.4) is 0 Å². The predicted molar refractivity (Wildman–Crippen MR) is 76.6 cm³/mol. The Morgan fingerprint density at radius 1 is 1.53 bits per heavy atom. The van der Waals surface area contributed by atoms with E-state index in [1.54, 1.807) is 12.1 Å². The van der Waals surface area contributed by atoms with E-state index in [0.29, 0.717) is 21.4 Å². The molecular formula is C13H13FO3S2. The molecule has 1 heterocycles. The highest BCUT2D eigenvalue weighted by Crippen LogP contribution is 2.36. The van der Waals surface area contributed by atoms with Crippen LogP contribution in [0.25, 0.3) is 10.1 Å². The number of fused-ring (bicyclic) bond motifs is 1. The van der Waals surface area contributed by atoms with Gasteiger partial charge >= 0.3 is 5.97 Å². The van der Waals surface area contributed by atoms with Gasteiger partial charge in [0.15, 0.2) is 0 Å². The lowest BCUT2D eigenvalue weighted by Crippen LogP contribution is -2.04. The Morgan fingerprint density at radius 2 is 2.26 bits per heavy atom. The minimum absolute atomic E-state index is 0.0108. The van der Waals surface area contributed by atoms with Gasteiger partial charge in [-0.05, 0) is 17.7 Å². The van der Waals surface area contributed by atoms with Crippen molar-refractivity contribution in [1.29, 1.82) is 0 Å². The molecule has 2 aromatic rings. The molecule has 1 atom stereocenters. The van der Waals surface area contributed by atoms with E-state index < -0.39 is 11.8 Å². The smallest absolute Gasteiger partial charge is 0.346 e. The molecule has 2 rings (SSSR count). The molecule has 0 aliphatic carbocycles. The first-order chi connectivity index (χ1) is 9.04. The monoisotopic (exact) mass is 300 g/mol. The van der Waals surface area contributed by atoms with E-state index in [1.807, 2.05) is 6.92 Å². The Bertz CT molecular complexity index is 609. The topological polar surface area (TPSA) is 57.5 Å². The number of thiophene rings is 1. The molecule has 1 aromatic carbocycles. The zero-order valence-electron chi connectivity index (χ0n) is 10.2. The predicted octanol–water partition coefficient (Wildman–Crippen LogP) is 3.35. The van der Waals surface area contributed by atoms with Gasteiger partial charge in [0.05, 0.1) is 6.61 Å². The molecule has 3 nitrogen and oxygen atoms in total. The van der Waals surface area contributed by atoms with Crippen molar-refractivity contribution in [1.82, 2.24) is 0 Å². The third-order valence-electron chi connectivity index (χ3n) is 2.73. The number of aliphatic hydroxyl groups is 1.